The molecule has 0 unspecified atom stereocenters. The first-order valence-corrected chi connectivity index (χ1v) is 7.02. The van der Waals surface area contributed by atoms with Gasteiger partial charge < -0.3 is 4.74 Å². The summed E-state index contributed by atoms with van der Waals surface area (Å²) in [5, 5.41) is 0.171. The Morgan fingerprint density at radius 1 is 1.47 bits per heavy atom. The first-order valence-electron chi connectivity index (χ1n) is 5.16. The van der Waals surface area contributed by atoms with Gasteiger partial charge >= 0.3 is 0 Å². The molecule has 0 atom stereocenters. The van der Waals surface area contributed by atoms with Crippen LogP contribution in [0, 0.1) is 0 Å². The van der Waals surface area contributed by atoms with E-state index in [1.165, 1.54) is 18.5 Å². The monoisotopic (exact) mass is 278 g/mol. The summed E-state index contributed by atoms with van der Waals surface area (Å²) in [6, 6.07) is 1.45. The Balaban J connectivity index is 2.55. The molecule has 1 heterocycles. The maximum absolute atomic E-state index is 11.8. The number of sulfonamides is 1. The van der Waals surface area contributed by atoms with Gasteiger partial charge in [-0.3, -0.25) is 4.98 Å². The molecule has 0 fully saturated rings. The van der Waals surface area contributed by atoms with Crippen LogP contribution >= 0.6 is 11.6 Å². The molecular weight excluding hydrogens is 264 g/mol. The highest BCUT2D eigenvalue weighted by atomic mass is 35.5. The number of ether oxygens (including phenoxy) is 1. The minimum atomic E-state index is -3.56. The molecule has 0 aromatic carbocycles. The van der Waals surface area contributed by atoms with E-state index < -0.39 is 10.0 Å². The lowest BCUT2D eigenvalue weighted by atomic mass is 10.3. The largest absolute Gasteiger partial charge is 0.385 e. The van der Waals surface area contributed by atoms with Crippen molar-refractivity contribution >= 4 is 21.6 Å². The Morgan fingerprint density at radius 3 is 2.88 bits per heavy atom. The molecule has 0 bridgehead atoms. The molecule has 0 saturated carbocycles. The van der Waals surface area contributed by atoms with Crippen LogP contribution in [0.4, 0.5) is 0 Å². The normalized spacial score (nSPS) is 11.6. The van der Waals surface area contributed by atoms with Gasteiger partial charge in [-0.25, -0.2) is 13.1 Å². The fourth-order valence-electron chi connectivity index (χ4n) is 1.22. The number of unbranched alkanes of at least 4 members (excludes halogenated alkanes) is 1. The van der Waals surface area contributed by atoms with Gasteiger partial charge in [-0.1, -0.05) is 11.6 Å². The van der Waals surface area contributed by atoms with Crippen molar-refractivity contribution in [2.45, 2.75) is 17.7 Å². The zero-order valence-corrected chi connectivity index (χ0v) is 11.1. The van der Waals surface area contributed by atoms with Gasteiger partial charge in [-0.05, 0) is 18.9 Å². The second kappa shape index (κ2) is 6.90. The Kier molecular flexibility index (Phi) is 5.84. The maximum Gasteiger partial charge on any atom is 0.243 e. The minimum absolute atomic E-state index is 0.00779. The molecule has 1 aromatic heterocycles. The van der Waals surface area contributed by atoms with E-state index in [0.29, 0.717) is 19.6 Å². The van der Waals surface area contributed by atoms with Crippen LogP contribution in [0.2, 0.25) is 5.02 Å². The second-order valence-corrected chi connectivity index (χ2v) is 5.55. The molecule has 1 rings (SSSR count). The predicted molar refractivity (Wildman–Crippen MR) is 65.5 cm³/mol. The summed E-state index contributed by atoms with van der Waals surface area (Å²) >= 11 is 5.79. The van der Waals surface area contributed by atoms with Crippen LogP contribution in [0.15, 0.2) is 23.4 Å². The molecule has 0 saturated heterocycles. The van der Waals surface area contributed by atoms with E-state index in [9.17, 15) is 8.42 Å². The highest BCUT2D eigenvalue weighted by Gasteiger charge is 2.16. The third kappa shape index (κ3) is 4.59. The van der Waals surface area contributed by atoms with Crippen LogP contribution in [0.5, 0.6) is 0 Å². The van der Waals surface area contributed by atoms with Crippen molar-refractivity contribution in [2.24, 2.45) is 0 Å². The SMILES string of the molecule is COCCCCNS(=O)(=O)c1cnccc1Cl. The number of hydrogen-bond acceptors (Lipinski definition) is 4. The second-order valence-electron chi connectivity index (χ2n) is 3.40. The van der Waals surface area contributed by atoms with Crippen LogP contribution < -0.4 is 4.72 Å². The Hall–Kier alpha value is -0.690. The lowest BCUT2D eigenvalue weighted by Gasteiger charge is -2.07. The van der Waals surface area contributed by atoms with Crippen molar-refractivity contribution in [1.29, 1.82) is 0 Å². The molecule has 0 aliphatic carbocycles. The number of pyridine rings is 1. The number of nitrogens with zero attached hydrogens (tertiary/aromatic N) is 1. The lowest BCUT2D eigenvalue weighted by Crippen LogP contribution is -2.25. The van der Waals surface area contributed by atoms with Gasteiger partial charge in [-0.15, -0.1) is 0 Å². The summed E-state index contributed by atoms with van der Waals surface area (Å²) in [6.07, 6.45) is 4.20. The zero-order chi connectivity index (χ0) is 12.7. The Labute approximate surface area is 106 Å². The molecule has 1 N–H and O–H groups in total. The van der Waals surface area contributed by atoms with E-state index >= 15 is 0 Å². The molecule has 0 aliphatic heterocycles. The highest BCUT2D eigenvalue weighted by molar-refractivity contribution is 7.89. The van der Waals surface area contributed by atoms with Gasteiger partial charge in [0.25, 0.3) is 0 Å². The summed E-state index contributed by atoms with van der Waals surface area (Å²) in [6.45, 7) is 0.978. The summed E-state index contributed by atoms with van der Waals surface area (Å²) < 4.78 is 31.0. The van der Waals surface area contributed by atoms with Crippen molar-refractivity contribution in [2.75, 3.05) is 20.3 Å². The highest BCUT2D eigenvalue weighted by Crippen LogP contribution is 2.18. The number of methoxy groups -OCH3 is 1. The van der Waals surface area contributed by atoms with Gasteiger partial charge in [0, 0.05) is 32.7 Å². The summed E-state index contributed by atoms with van der Waals surface area (Å²) in [5.41, 5.74) is 0. The van der Waals surface area contributed by atoms with E-state index in [2.05, 4.69) is 9.71 Å². The average molecular weight is 279 g/mol. The fraction of sp³-hybridized carbons (Fsp3) is 0.500. The van der Waals surface area contributed by atoms with Crippen LogP contribution in [-0.4, -0.2) is 33.7 Å². The smallest absolute Gasteiger partial charge is 0.243 e. The standard InChI is InChI=1S/C10H15ClN2O3S/c1-16-7-3-2-5-13-17(14,15)10-8-12-6-4-9(10)11/h4,6,8,13H,2-3,5,7H2,1H3. The topological polar surface area (TPSA) is 68.3 Å². The number of nitrogens with one attached hydrogen (secondary N) is 1. The van der Waals surface area contributed by atoms with Gasteiger partial charge in [0.05, 0.1) is 5.02 Å². The van der Waals surface area contributed by atoms with Crippen LogP contribution in [0.3, 0.4) is 0 Å². The first kappa shape index (κ1) is 14.4. The van der Waals surface area contributed by atoms with Crippen molar-refractivity contribution in [3.63, 3.8) is 0 Å². The van der Waals surface area contributed by atoms with Gasteiger partial charge in [0.1, 0.15) is 4.90 Å². The van der Waals surface area contributed by atoms with Crippen molar-refractivity contribution in [3.8, 4) is 0 Å². The molecule has 0 radical (unpaired) electrons. The van der Waals surface area contributed by atoms with E-state index in [0.717, 1.165) is 6.42 Å². The maximum atomic E-state index is 11.8. The first-order chi connectivity index (χ1) is 8.08. The van der Waals surface area contributed by atoms with E-state index in [1.807, 2.05) is 0 Å². The molecule has 17 heavy (non-hydrogen) atoms. The molecule has 96 valence electrons. The van der Waals surface area contributed by atoms with Crippen LogP contribution in [-0.2, 0) is 14.8 Å². The number of halogens is 1. The molecule has 5 nitrogen and oxygen atoms in total. The van der Waals surface area contributed by atoms with Crippen LogP contribution in [0.25, 0.3) is 0 Å². The number of hydrogen-bond donors (Lipinski definition) is 1. The summed E-state index contributed by atoms with van der Waals surface area (Å²) in [7, 11) is -1.95. The molecule has 0 aliphatic rings. The van der Waals surface area contributed by atoms with Crippen molar-refractivity contribution < 1.29 is 13.2 Å². The lowest BCUT2D eigenvalue weighted by molar-refractivity contribution is 0.193. The average Bonchev–Trinajstić information content (AvgIpc) is 2.29. The summed E-state index contributed by atoms with van der Waals surface area (Å²) in [4.78, 5) is 3.75. The van der Waals surface area contributed by atoms with Gasteiger partial charge in [0.15, 0.2) is 0 Å². The minimum Gasteiger partial charge on any atom is -0.385 e. The molecular formula is C10H15ClN2O3S. The third-order valence-electron chi connectivity index (χ3n) is 2.09. The Bertz CT molecular complexity index is 451. The van der Waals surface area contributed by atoms with E-state index in [1.54, 1.807) is 7.11 Å². The van der Waals surface area contributed by atoms with Gasteiger partial charge in [0.2, 0.25) is 10.0 Å². The molecule has 0 amide bonds. The zero-order valence-electron chi connectivity index (χ0n) is 9.52. The Morgan fingerprint density at radius 2 is 2.24 bits per heavy atom. The van der Waals surface area contributed by atoms with E-state index in [4.69, 9.17) is 16.3 Å². The third-order valence-corrected chi connectivity index (χ3v) is 4.02. The quantitative estimate of drug-likeness (QED) is 0.767. The van der Waals surface area contributed by atoms with Crippen LogP contribution in [0.1, 0.15) is 12.8 Å². The molecule has 7 heteroatoms. The van der Waals surface area contributed by atoms with Gasteiger partial charge in [-0.2, -0.15) is 0 Å². The van der Waals surface area contributed by atoms with Crippen molar-refractivity contribution in [1.82, 2.24) is 9.71 Å². The fourth-order valence-corrected chi connectivity index (χ4v) is 2.72. The molecule has 1 aromatic rings. The molecule has 0 spiro atoms. The number of rotatable bonds is 7. The summed E-state index contributed by atoms with van der Waals surface area (Å²) in [5.74, 6) is 0. The van der Waals surface area contributed by atoms with Crippen molar-refractivity contribution in [3.05, 3.63) is 23.5 Å². The predicted octanol–water partition coefficient (Wildman–Crippen LogP) is 1.44. The number of aromatic nitrogens is 1. The van der Waals surface area contributed by atoms with E-state index in [-0.39, 0.29) is 9.92 Å².